The van der Waals surface area contributed by atoms with Gasteiger partial charge in [0.05, 0.1) is 5.70 Å². The minimum absolute atomic E-state index is 0.256. The van der Waals surface area contributed by atoms with Crippen LogP contribution in [0.2, 0.25) is 0 Å². The van der Waals surface area contributed by atoms with E-state index >= 15 is 4.39 Å². The van der Waals surface area contributed by atoms with Crippen LogP contribution in [0.1, 0.15) is 73.8 Å². The van der Waals surface area contributed by atoms with Crippen LogP contribution in [0.5, 0.6) is 0 Å². The Labute approximate surface area is 244 Å². The molecule has 2 aromatic heterocycles. The van der Waals surface area contributed by atoms with Gasteiger partial charge in [0.25, 0.3) is 0 Å². The van der Waals surface area contributed by atoms with Gasteiger partial charge in [-0.3, -0.25) is 9.88 Å². The predicted molar refractivity (Wildman–Crippen MR) is 167 cm³/mol. The van der Waals surface area contributed by atoms with Gasteiger partial charge in [0.15, 0.2) is 0 Å². The van der Waals surface area contributed by atoms with Crippen LogP contribution in [0.4, 0.5) is 4.39 Å². The number of nitrogens with zero attached hydrogens (tertiary/aromatic N) is 4. The lowest BCUT2D eigenvalue weighted by atomic mass is 9.99. The Balaban J connectivity index is 0.00000189. The van der Waals surface area contributed by atoms with Gasteiger partial charge in [-0.15, -0.1) is 12.8 Å². The largest absolute Gasteiger partial charge is 0.399 e. The maximum absolute atomic E-state index is 16.1. The van der Waals surface area contributed by atoms with E-state index in [1.54, 1.807) is 12.3 Å². The van der Waals surface area contributed by atoms with Crippen LogP contribution in [0.25, 0.3) is 11.3 Å². The molecule has 0 saturated carbocycles. The van der Waals surface area contributed by atoms with E-state index in [-0.39, 0.29) is 6.42 Å². The third kappa shape index (κ3) is 7.45. The number of piperidine rings is 2. The molecule has 1 aliphatic carbocycles. The highest BCUT2D eigenvalue weighted by Crippen LogP contribution is 2.31. The first-order chi connectivity index (χ1) is 20.0. The second-order valence-electron chi connectivity index (χ2n) is 10.9. The summed E-state index contributed by atoms with van der Waals surface area (Å²) in [7, 11) is 0. The van der Waals surface area contributed by atoms with Crippen molar-refractivity contribution in [2.45, 2.75) is 64.8 Å². The van der Waals surface area contributed by atoms with Crippen molar-refractivity contribution in [3.8, 4) is 12.8 Å². The summed E-state index contributed by atoms with van der Waals surface area (Å²) in [5.41, 5.74) is 12.4. The number of likely N-dealkylation sites (tertiary alicyclic amines) is 2. The lowest BCUT2D eigenvalue weighted by molar-refractivity contribution is 0.220. The number of imidazole rings is 1. The minimum Gasteiger partial charge on any atom is -0.399 e. The summed E-state index contributed by atoms with van der Waals surface area (Å²) in [6, 6.07) is 2.00. The van der Waals surface area contributed by atoms with Crippen molar-refractivity contribution >= 4 is 11.3 Å². The van der Waals surface area contributed by atoms with Gasteiger partial charge in [0.2, 0.25) is 0 Å². The predicted octanol–water partition coefficient (Wildman–Crippen LogP) is 6.32. The number of pyridine rings is 1. The molecule has 2 aromatic rings. The third-order valence-electron chi connectivity index (χ3n) is 8.01. The van der Waals surface area contributed by atoms with E-state index in [0.717, 1.165) is 61.8 Å². The number of hydrogen-bond acceptors (Lipinski definition) is 5. The summed E-state index contributed by atoms with van der Waals surface area (Å²) in [5, 5.41) is 0. The number of aromatic amines is 1. The first kappa shape index (κ1) is 30.1. The minimum atomic E-state index is -0.416. The molecule has 2 saturated heterocycles. The van der Waals surface area contributed by atoms with Crippen molar-refractivity contribution in [1.29, 1.82) is 0 Å². The molecule has 6 nitrogen and oxygen atoms in total. The Bertz CT molecular complexity index is 1350. The van der Waals surface area contributed by atoms with Crippen molar-refractivity contribution < 1.29 is 4.39 Å². The van der Waals surface area contributed by atoms with Gasteiger partial charge in [-0.05, 0) is 69.8 Å². The van der Waals surface area contributed by atoms with Gasteiger partial charge in [-0.1, -0.05) is 31.2 Å². The zero-order valence-electron chi connectivity index (χ0n) is 24.3. The van der Waals surface area contributed by atoms with E-state index in [9.17, 15) is 0 Å². The van der Waals surface area contributed by atoms with Gasteiger partial charge in [-0.25, -0.2) is 9.37 Å². The Morgan fingerprint density at radius 1 is 1.10 bits per heavy atom. The number of halogens is 1. The van der Waals surface area contributed by atoms with Crippen molar-refractivity contribution in [2.75, 3.05) is 26.2 Å². The van der Waals surface area contributed by atoms with Crippen LogP contribution in [-0.2, 0) is 19.4 Å². The number of fused-ring (bicyclic) bond motifs is 1. The normalized spacial score (nSPS) is 18.4. The van der Waals surface area contributed by atoms with E-state index in [1.807, 2.05) is 19.2 Å². The summed E-state index contributed by atoms with van der Waals surface area (Å²) in [6.07, 6.45) is 28.1. The molecule has 7 heteroatoms. The monoisotopic (exact) mass is 554 g/mol. The molecule has 5 rings (SSSR count). The fraction of sp³-hybridized carbons (Fsp3) is 0.412. The van der Waals surface area contributed by atoms with Crippen molar-refractivity contribution in [1.82, 2.24) is 24.8 Å². The maximum Gasteiger partial charge on any atom is 0.136 e. The summed E-state index contributed by atoms with van der Waals surface area (Å²) >= 11 is 0. The lowest BCUT2D eigenvalue weighted by Crippen LogP contribution is -2.29. The number of rotatable bonds is 8. The molecule has 2 fully saturated rings. The summed E-state index contributed by atoms with van der Waals surface area (Å²) < 4.78 is 16.1. The van der Waals surface area contributed by atoms with E-state index in [2.05, 4.69) is 57.4 Å². The van der Waals surface area contributed by atoms with Gasteiger partial charge in [-0.2, -0.15) is 0 Å². The number of H-pyrrole nitrogens is 1. The molecular weight excluding hydrogens is 511 g/mol. The van der Waals surface area contributed by atoms with Crippen LogP contribution in [0.15, 0.2) is 66.4 Å². The number of nitrogens with two attached hydrogens (primary N) is 1. The van der Waals surface area contributed by atoms with Gasteiger partial charge in [0, 0.05) is 73.0 Å². The van der Waals surface area contributed by atoms with Crippen LogP contribution >= 0.6 is 0 Å². The number of allylic oxidation sites excluding steroid dienone is 7. The molecule has 0 spiro atoms. The topological polar surface area (TPSA) is 74.1 Å². The second-order valence-corrected chi connectivity index (χ2v) is 10.9. The van der Waals surface area contributed by atoms with E-state index in [4.69, 9.17) is 10.7 Å². The average molecular weight is 555 g/mol. The SMILES string of the molecule is C#C.C=C(/C(F)=C(Cc1nc2c([nH]1)CC=CC=C2N1CCCCC1)\C(N)=C/C)c1cncc(CN2CCCCC2)c1. The number of nitrogens with one attached hydrogen (secondary N) is 1. The number of terminal acetylenes is 1. The van der Waals surface area contributed by atoms with Gasteiger partial charge in [0.1, 0.15) is 17.3 Å². The first-order valence-electron chi connectivity index (χ1n) is 14.7. The summed E-state index contributed by atoms with van der Waals surface area (Å²) in [6.45, 7) is 11.0. The van der Waals surface area contributed by atoms with Crippen molar-refractivity contribution in [2.24, 2.45) is 5.73 Å². The Hall–Kier alpha value is -3.89. The molecule has 41 heavy (non-hydrogen) atoms. The number of aromatic nitrogens is 3. The Kier molecular flexibility index (Phi) is 10.8. The molecule has 4 heterocycles. The molecular formula is C34H43FN6. The van der Waals surface area contributed by atoms with Crippen molar-refractivity contribution in [3.63, 3.8) is 0 Å². The zero-order chi connectivity index (χ0) is 29.2. The summed E-state index contributed by atoms with van der Waals surface area (Å²) in [4.78, 5) is 17.7. The average Bonchev–Trinajstić information content (AvgIpc) is 3.32. The van der Waals surface area contributed by atoms with E-state index in [1.165, 1.54) is 38.5 Å². The molecule has 0 radical (unpaired) electrons. The molecule has 0 amide bonds. The summed E-state index contributed by atoms with van der Waals surface area (Å²) in [5.74, 6) is 0.291. The lowest BCUT2D eigenvalue weighted by Gasteiger charge is -2.30. The maximum atomic E-state index is 16.1. The van der Waals surface area contributed by atoms with Crippen LogP contribution in [-0.4, -0.2) is 50.9 Å². The van der Waals surface area contributed by atoms with Crippen LogP contribution in [0, 0.1) is 12.8 Å². The zero-order valence-corrected chi connectivity index (χ0v) is 24.3. The Morgan fingerprint density at radius 2 is 1.80 bits per heavy atom. The fourth-order valence-electron chi connectivity index (χ4n) is 5.79. The molecule has 3 aliphatic rings. The third-order valence-corrected chi connectivity index (χ3v) is 8.01. The standard InChI is InChI=1S/C32H41FN6.C2H2/c1-3-27(34)26(31(33)23(2)25-18-24(20-35-21-25)22-38-14-8-4-9-15-38)19-30-36-28-12-6-7-13-29(32(28)37-30)39-16-10-5-11-17-39;1-2/h3,6-7,13,18,20-21H,2,4-5,8-12,14-17,19,22,34H2,1H3,(H,36,37);1-2H/b27-3+,31-26+;. The first-order valence-corrected chi connectivity index (χ1v) is 14.7. The Morgan fingerprint density at radius 3 is 2.51 bits per heavy atom. The smallest absolute Gasteiger partial charge is 0.136 e. The highest BCUT2D eigenvalue weighted by Gasteiger charge is 2.23. The molecule has 0 atom stereocenters. The molecule has 3 N–H and O–H groups in total. The van der Waals surface area contributed by atoms with Crippen LogP contribution < -0.4 is 5.73 Å². The van der Waals surface area contributed by atoms with Gasteiger partial charge >= 0.3 is 0 Å². The van der Waals surface area contributed by atoms with E-state index in [0.29, 0.717) is 28.2 Å². The molecule has 0 unspecified atom stereocenters. The molecule has 0 aromatic carbocycles. The van der Waals surface area contributed by atoms with Crippen molar-refractivity contribution in [3.05, 3.63) is 94.8 Å². The van der Waals surface area contributed by atoms with Crippen LogP contribution in [0.3, 0.4) is 0 Å². The second kappa shape index (κ2) is 14.7. The molecule has 216 valence electrons. The quantitative estimate of drug-likeness (QED) is 0.295. The van der Waals surface area contributed by atoms with E-state index < -0.39 is 5.83 Å². The highest BCUT2D eigenvalue weighted by molar-refractivity contribution is 5.77. The molecule has 2 aliphatic heterocycles. The number of hydrogen-bond donors (Lipinski definition) is 2. The fourth-order valence-corrected chi connectivity index (χ4v) is 5.79. The molecule has 0 bridgehead atoms. The highest BCUT2D eigenvalue weighted by atomic mass is 19.1. The van der Waals surface area contributed by atoms with Gasteiger partial charge < -0.3 is 15.6 Å².